The summed E-state index contributed by atoms with van der Waals surface area (Å²) in [4.78, 5) is 12.3. The van der Waals surface area contributed by atoms with Crippen LogP contribution in [0.2, 0.25) is 0 Å². The monoisotopic (exact) mass is 378 g/mol. The first-order valence-electron chi connectivity index (χ1n) is 8.28. The fourth-order valence-corrected chi connectivity index (χ4v) is 3.28. The molecule has 25 heavy (non-hydrogen) atoms. The molecule has 0 aliphatic carbocycles. The summed E-state index contributed by atoms with van der Waals surface area (Å²) in [7, 11) is 0. The van der Waals surface area contributed by atoms with E-state index in [1.807, 2.05) is 54.2 Å². The molecule has 0 aromatic heterocycles. The van der Waals surface area contributed by atoms with E-state index in [1.54, 1.807) is 0 Å². The summed E-state index contributed by atoms with van der Waals surface area (Å²) in [5.74, 6) is 0.902. The molecule has 2 aromatic rings. The lowest BCUT2D eigenvalue weighted by Crippen LogP contribution is -2.21. The molecule has 0 saturated heterocycles. The molecule has 0 spiro atoms. The third-order valence-electron chi connectivity index (χ3n) is 3.93. The lowest BCUT2D eigenvalue weighted by molar-refractivity contribution is -0.116. The van der Waals surface area contributed by atoms with Gasteiger partial charge in [-0.2, -0.15) is 11.8 Å². The van der Waals surface area contributed by atoms with Crippen molar-refractivity contribution in [2.24, 2.45) is 5.73 Å². The summed E-state index contributed by atoms with van der Waals surface area (Å²) in [6.07, 6.45) is 0.272. The van der Waals surface area contributed by atoms with E-state index < -0.39 is 0 Å². The molecular weight excluding hydrogens is 352 g/mol. The van der Waals surface area contributed by atoms with Gasteiger partial charge in [-0.05, 0) is 34.9 Å². The van der Waals surface area contributed by atoms with Gasteiger partial charge in [0, 0.05) is 23.9 Å². The zero-order chi connectivity index (χ0) is 17.5. The van der Waals surface area contributed by atoms with Gasteiger partial charge in [0.15, 0.2) is 0 Å². The van der Waals surface area contributed by atoms with Crippen molar-refractivity contribution in [1.29, 1.82) is 0 Å². The quantitative estimate of drug-likeness (QED) is 0.705. The Bertz CT molecular complexity index is 677. The number of nitrogens with two attached hydrogens (primary N) is 1. The van der Waals surface area contributed by atoms with Gasteiger partial charge >= 0.3 is 0 Å². The number of carbonyl (C=O) groups is 1. The summed E-state index contributed by atoms with van der Waals surface area (Å²) in [5.41, 5.74) is 10.4. The van der Waals surface area contributed by atoms with Crippen LogP contribution in [0.1, 0.15) is 43.0 Å². The number of thioether (sulfide) groups is 1. The molecule has 1 atom stereocenters. The van der Waals surface area contributed by atoms with Gasteiger partial charge in [-0.15, -0.1) is 12.4 Å². The number of hydrogen-bond donors (Lipinski definition) is 2. The fraction of sp³-hybridized carbons (Fsp3) is 0.350. The average Bonchev–Trinajstić information content (AvgIpc) is 2.56. The van der Waals surface area contributed by atoms with Crippen LogP contribution in [0.25, 0.3) is 0 Å². The van der Waals surface area contributed by atoms with Crippen molar-refractivity contribution in [3.8, 4) is 0 Å². The Balaban J connectivity index is 0.00000312. The second-order valence-corrected chi connectivity index (χ2v) is 7.78. The van der Waals surface area contributed by atoms with Gasteiger partial charge in [0.1, 0.15) is 0 Å². The van der Waals surface area contributed by atoms with Crippen molar-refractivity contribution in [1.82, 2.24) is 0 Å². The molecular formula is C20H27ClN2OS. The molecule has 136 valence electrons. The molecule has 0 saturated carbocycles. The van der Waals surface area contributed by atoms with Gasteiger partial charge in [0.05, 0.1) is 0 Å². The maximum Gasteiger partial charge on any atom is 0.226 e. The Morgan fingerprint density at radius 3 is 2.44 bits per heavy atom. The second kappa shape index (κ2) is 10.5. The first-order chi connectivity index (χ1) is 11.5. The van der Waals surface area contributed by atoms with Gasteiger partial charge in [-0.1, -0.05) is 56.3 Å². The fourth-order valence-electron chi connectivity index (χ4n) is 2.45. The molecule has 5 heteroatoms. The number of benzene rings is 2. The van der Waals surface area contributed by atoms with Crippen molar-refractivity contribution in [2.45, 2.75) is 44.2 Å². The number of hydrogen-bond acceptors (Lipinski definition) is 3. The molecule has 3 N–H and O–H groups in total. The number of halogens is 1. The lowest BCUT2D eigenvalue weighted by atomic mass is 10.0. The Labute approximate surface area is 161 Å². The van der Waals surface area contributed by atoms with Crippen LogP contribution in [0.15, 0.2) is 48.5 Å². The van der Waals surface area contributed by atoms with Crippen LogP contribution in [0.3, 0.4) is 0 Å². The van der Waals surface area contributed by atoms with E-state index in [-0.39, 0.29) is 30.8 Å². The van der Waals surface area contributed by atoms with Crippen LogP contribution in [-0.4, -0.2) is 11.2 Å². The number of amides is 1. The van der Waals surface area contributed by atoms with Crippen molar-refractivity contribution in [3.05, 3.63) is 65.2 Å². The molecule has 2 rings (SSSR count). The molecule has 0 aliphatic heterocycles. The third-order valence-corrected chi connectivity index (χ3v) is 5.07. The summed E-state index contributed by atoms with van der Waals surface area (Å²) in [6, 6.07) is 15.5. The van der Waals surface area contributed by atoms with Gasteiger partial charge in [-0.25, -0.2) is 0 Å². The van der Waals surface area contributed by atoms with E-state index >= 15 is 0 Å². The SMILES string of the molecule is Cc1c(CSC(C)C)cccc1NC(=O)CC(N)c1ccccc1.Cl. The third kappa shape index (κ3) is 6.73. The average molecular weight is 379 g/mol. The Hall–Kier alpha value is -1.49. The summed E-state index contributed by atoms with van der Waals surface area (Å²) in [5, 5.41) is 3.60. The number of carbonyl (C=O) groups excluding carboxylic acids is 1. The zero-order valence-electron chi connectivity index (χ0n) is 15.0. The second-order valence-electron chi connectivity index (χ2n) is 6.22. The molecule has 1 unspecified atom stereocenters. The highest BCUT2D eigenvalue weighted by atomic mass is 35.5. The zero-order valence-corrected chi connectivity index (χ0v) is 16.6. The topological polar surface area (TPSA) is 55.1 Å². The smallest absolute Gasteiger partial charge is 0.226 e. The van der Waals surface area contributed by atoms with Crippen LogP contribution in [-0.2, 0) is 10.5 Å². The largest absolute Gasteiger partial charge is 0.326 e. The van der Waals surface area contributed by atoms with Crippen molar-refractivity contribution in [2.75, 3.05) is 5.32 Å². The predicted molar refractivity (Wildman–Crippen MR) is 111 cm³/mol. The van der Waals surface area contributed by atoms with Crippen LogP contribution < -0.4 is 11.1 Å². The van der Waals surface area contributed by atoms with Crippen molar-refractivity contribution < 1.29 is 4.79 Å². The summed E-state index contributed by atoms with van der Waals surface area (Å²) in [6.45, 7) is 6.44. The Morgan fingerprint density at radius 1 is 1.12 bits per heavy atom. The van der Waals surface area contributed by atoms with E-state index in [0.29, 0.717) is 5.25 Å². The molecule has 0 radical (unpaired) electrons. The van der Waals surface area contributed by atoms with E-state index in [1.165, 1.54) is 5.56 Å². The standard InChI is InChI=1S/C20H26N2OS.ClH/c1-14(2)24-13-17-10-7-11-19(15(17)3)22-20(23)12-18(21)16-8-5-4-6-9-16;/h4-11,14,18H,12-13,21H2,1-3H3,(H,22,23);1H. The van der Waals surface area contributed by atoms with E-state index in [0.717, 1.165) is 22.6 Å². The van der Waals surface area contributed by atoms with Gasteiger partial charge in [-0.3, -0.25) is 4.79 Å². The van der Waals surface area contributed by atoms with Crippen molar-refractivity contribution >= 4 is 35.8 Å². The van der Waals surface area contributed by atoms with Gasteiger partial charge in [0.25, 0.3) is 0 Å². The first kappa shape index (κ1) is 21.6. The predicted octanol–water partition coefficient (Wildman–Crippen LogP) is 5.09. The lowest BCUT2D eigenvalue weighted by Gasteiger charge is -2.15. The molecule has 1 amide bonds. The molecule has 0 fully saturated rings. The minimum Gasteiger partial charge on any atom is -0.326 e. The molecule has 0 heterocycles. The highest BCUT2D eigenvalue weighted by Gasteiger charge is 2.13. The highest BCUT2D eigenvalue weighted by Crippen LogP contribution is 2.25. The first-order valence-corrected chi connectivity index (χ1v) is 9.32. The summed E-state index contributed by atoms with van der Waals surface area (Å²) >= 11 is 1.90. The van der Waals surface area contributed by atoms with E-state index in [4.69, 9.17) is 5.73 Å². The molecule has 0 aliphatic rings. The number of nitrogens with one attached hydrogen (secondary N) is 1. The Kier molecular flexibility index (Phi) is 9.04. The van der Waals surface area contributed by atoms with Crippen LogP contribution >= 0.6 is 24.2 Å². The molecule has 2 aromatic carbocycles. The van der Waals surface area contributed by atoms with Crippen molar-refractivity contribution in [3.63, 3.8) is 0 Å². The van der Waals surface area contributed by atoms with Gasteiger partial charge in [0.2, 0.25) is 5.91 Å². The highest BCUT2D eigenvalue weighted by molar-refractivity contribution is 7.99. The van der Waals surface area contributed by atoms with Gasteiger partial charge < -0.3 is 11.1 Å². The van der Waals surface area contributed by atoms with Crippen LogP contribution in [0, 0.1) is 6.92 Å². The molecule has 0 bridgehead atoms. The van der Waals surface area contributed by atoms with Crippen LogP contribution in [0.4, 0.5) is 5.69 Å². The molecule has 3 nitrogen and oxygen atoms in total. The number of anilines is 1. The normalized spacial score (nSPS) is 11.7. The van der Waals surface area contributed by atoms with E-state index in [2.05, 4.69) is 32.2 Å². The number of rotatable bonds is 7. The maximum atomic E-state index is 12.3. The maximum absolute atomic E-state index is 12.3. The minimum atomic E-state index is -0.286. The van der Waals surface area contributed by atoms with E-state index in [9.17, 15) is 4.79 Å². The Morgan fingerprint density at radius 2 is 1.80 bits per heavy atom. The van der Waals surface area contributed by atoms with Crippen LogP contribution in [0.5, 0.6) is 0 Å². The minimum absolute atomic E-state index is 0. The summed E-state index contributed by atoms with van der Waals surface area (Å²) < 4.78 is 0.